The number of para-hydroxylation sites is 1. The number of rotatable bonds is 5. The highest BCUT2D eigenvalue weighted by Crippen LogP contribution is 2.40. The second-order valence-electron chi connectivity index (χ2n) is 8.69. The minimum absolute atomic E-state index is 0.155. The van der Waals surface area contributed by atoms with Crippen LogP contribution in [0.5, 0.6) is 17.5 Å². The van der Waals surface area contributed by atoms with E-state index in [0.29, 0.717) is 26.3 Å². The van der Waals surface area contributed by atoms with Gasteiger partial charge in [0, 0.05) is 24.9 Å². The number of fused-ring (bicyclic) bond motifs is 2. The molecule has 3 heterocycles. The van der Waals surface area contributed by atoms with Crippen molar-refractivity contribution in [1.82, 2.24) is 14.9 Å². The van der Waals surface area contributed by atoms with Gasteiger partial charge in [0.15, 0.2) is 11.6 Å². The molecular weight excluding hydrogens is 424 g/mol. The van der Waals surface area contributed by atoms with Crippen LogP contribution in [-0.2, 0) is 9.47 Å². The van der Waals surface area contributed by atoms with Gasteiger partial charge in [-0.3, -0.25) is 0 Å². The predicted molar refractivity (Wildman–Crippen MR) is 106 cm³/mol. The van der Waals surface area contributed by atoms with E-state index in [2.05, 4.69) is 9.97 Å². The molecule has 2 atom stereocenters. The number of piperidine rings is 1. The number of benzene rings is 1. The Kier molecular flexibility index (Phi) is 5.32. The number of hydrogen-bond acceptors (Lipinski definition) is 7. The maximum absolute atomic E-state index is 15.0. The monoisotopic (exact) mass is 447 g/mol. The molecule has 1 aliphatic carbocycles. The highest BCUT2D eigenvalue weighted by atomic mass is 19.1. The van der Waals surface area contributed by atoms with Crippen LogP contribution in [0.15, 0.2) is 30.6 Å². The van der Waals surface area contributed by atoms with E-state index >= 15 is 4.39 Å². The molecule has 32 heavy (non-hydrogen) atoms. The van der Waals surface area contributed by atoms with E-state index in [1.807, 2.05) is 6.92 Å². The first-order valence-electron chi connectivity index (χ1n) is 10.6. The van der Waals surface area contributed by atoms with Crippen molar-refractivity contribution in [2.24, 2.45) is 11.8 Å². The molecule has 1 saturated carbocycles. The Morgan fingerprint density at radius 1 is 1.12 bits per heavy atom. The summed E-state index contributed by atoms with van der Waals surface area (Å²) < 4.78 is 51.3. The molecule has 5 rings (SSSR count). The molecule has 2 unspecified atom stereocenters. The van der Waals surface area contributed by atoms with Gasteiger partial charge in [-0.2, -0.15) is 14.4 Å². The fraction of sp³-hybridized carbons (Fsp3) is 0.500. The summed E-state index contributed by atoms with van der Waals surface area (Å²) in [5.41, 5.74) is -0.352. The molecule has 3 fully saturated rings. The first-order valence-corrected chi connectivity index (χ1v) is 10.6. The third-order valence-corrected chi connectivity index (χ3v) is 6.07. The van der Waals surface area contributed by atoms with Crippen LogP contribution < -0.4 is 9.47 Å². The second-order valence-corrected chi connectivity index (χ2v) is 8.69. The fourth-order valence-corrected chi connectivity index (χ4v) is 4.05. The van der Waals surface area contributed by atoms with E-state index in [1.165, 1.54) is 18.2 Å². The minimum Gasteiger partial charge on any atom is -0.471 e. The lowest BCUT2D eigenvalue weighted by Gasteiger charge is -2.45. The van der Waals surface area contributed by atoms with Crippen molar-refractivity contribution in [3.63, 3.8) is 0 Å². The SMILES string of the molecule is CC1(OC(=O)N2CC3COCC(C2)C3Oc2ncnc(Oc3ccccc3F)c2F)CC1. The van der Waals surface area contributed by atoms with Crippen LogP contribution in [-0.4, -0.2) is 59.0 Å². The van der Waals surface area contributed by atoms with Crippen molar-refractivity contribution in [3.05, 3.63) is 42.2 Å². The second kappa shape index (κ2) is 8.16. The van der Waals surface area contributed by atoms with Crippen molar-refractivity contribution in [1.29, 1.82) is 0 Å². The summed E-state index contributed by atoms with van der Waals surface area (Å²) in [6, 6.07) is 5.64. The predicted octanol–water partition coefficient (Wildman–Crippen LogP) is 3.56. The van der Waals surface area contributed by atoms with Crippen LogP contribution >= 0.6 is 0 Å². The van der Waals surface area contributed by atoms with Crippen LogP contribution in [0.4, 0.5) is 13.6 Å². The average molecular weight is 447 g/mol. The van der Waals surface area contributed by atoms with E-state index in [0.717, 1.165) is 19.2 Å². The van der Waals surface area contributed by atoms with Crippen molar-refractivity contribution >= 4 is 6.09 Å². The Morgan fingerprint density at radius 2 is 1.81 bits per heavy atom. The molecule has 0 N–H and O–H groups in total. The van der Waals surface area contributed by atoms with Crippen LogP contribution in [0.25, 0.3) is 0 Å². The maximum atomic E-state index is 15.0. The lowest BCUT2D eigenvalue weighted by Crippen LogP contribution is -2.59. The van der Waals surface area contributed by atoms with E-state index in [9.17, 15) is 9.18 Å². The molecule has 2 bridgehead atoms. The standard InChI is InChI=1S/C22H23F2N3O5/c1-22(6-7-22)32-21(28)27-8-13-10-29-11-14(9-27)18(13)31-20-17(24)19(25-12-26-20)30-16-5-3-2-4-15(16)23/h2-5,12-14,18H,6-11H2,1H3. The van der Waals surface area contributed by atoms with Gasteiger partial charge in [0.05, 0.1) is 13.2 Å². The summed E-state index contributed by atoms with van der Waals surface area (Å²) in [6.45, 7) is 3.41. The highest BCUT2D eigenvalue weighted by molar-refractivity contribution is 5.68. The third kappa shape index (κ3) is 4.19. The zero-order valence-corrected chi connectivity index (χ0v) is 17.5. The van der Waals surface area contributed by atoms with Gasteiger partial charge >= 0.3 is 6.09 Å². The molecule has 0 radical (unpaired) electrons. The van der Waals surface area contributed by atoms with Crippen molar-refractivity contribution in [2.75, 3.05) is 26.3 Å². The van der Waals surface area contributed by atoms with Gasteiger partial charge in [0.1, 0.15) is 18.0 Å². The van der Waals surface area contributed by atoms with Crippen LogP contribution in [0.3, 0.4) is 0 Å². The van der Waals surface area contributed by atoms with Crippen LogP contribution in [0, 0.1) is 23.5 Å². The number of ether oxygens (including phenoxy) is 4. The molecule has 1 aromatic heterocycles. The molecule has 2 aromatic rings. The molecule has 170 valence electrons. The smallest absolute Gasteiger partial charge is 0.410 e. The molecule has 0 spiro atoms. The van der Waals surface area contributed by atoms with Gasteiger partial charge in [-0.05, 0) is 31.9 Å². The number of carbonyl (C=O) groups is 1. The van der Waals surface area contributed by atoms with Gasteiger partial charge in [0.2, 0.25) is 5.82 Å². The van der Waals surface area contributed by atoms with Gasteiger partial charge < -0.3 is 23.8 Å². The summed E-state index contributed by atoms with van der Waals surface area (Å²) in [6.07, 6.45) is 2.10. The number of nitrogens with zero attached hydrogens (tertiary/aromatic N) is 3. The molecule has 2 aliphatic heterocycles. The Morgan fingerprint density at radius 3 is 2.50 bits per heavy atom. The Balaban J connectivity index is 1.30. The third-order valence-electron chi connectivity index (χ3n) is 6.07. The van der Waals surface area contributed by atoms with Crippen molar-refractivity contribution < 1.29 is 32.5 Å². The summed E-state index contributed by atoms with van der Waals surface area (Å²) >= 11 is 0. The number of aromatic nitrogens is 2. The molecular formula is C22H23F2N3O5. The zero-order chi connectivity index (χ0) is 22.3. The minimum atomic E-state index is -0.918. The number of likely N-dealkylation sites (tertiary alicyclic amines) is 1. The van der Waals surface area contributed by atoms with Gasteiger partial charge in [-0.1, -0.05) is 12.1 Å². The number of carbonyl (C=O) groups excluding carboxylic acids is 1. The summed E-state index contributed by atoms with van der Waals surface area (Å²) in [5, 5.41) is 0. The van der Waals surface area contributed by atoms with Gasteiger partial charge in [-0.25, -0.2) is 9.18 Å². The normalized spacial score (nSPS) is 25.7. The average Bonchev–Trinajstić information content (AvgIpc) is 3.48. The van der Waals surface area contributed by atoms with Crippen molar-refractivity contribution in [3.8, 4) is 17.5 Å². The number of hydrogen-bond donors (Lipinski definition) is 0. The lowest BCUT2D eigenvalue weighted by atomic mass is 9.84. The fourth-order valence-electron chi connectivity index (χ4n) is 4.05. The number of halogens is 2. The topological polar surface area (TPSA) is 83.0 Å². The summed E-state index contributed by atoms with van der Waals surface area (Å²) in [5.74, 6) is -2.77. The number of amides is 1. The van der Waals surface area contributed by atoms with E-state index in [1.54, 1.807) is 11.0 Å². The first-order chi connectivity index (χ1) is 15.4. The Hall–Kier alpha value is -3.01. The zero-order valence-electron chi connectivity index (χ0n) is 17.5. The Labute approximate surface area is 183 Å². The van der Waals surface area contributed by atoms with Gasteiger partial charge in [-0.15, -0.1) is 0 Å². The van der Waals surface area contributed by atoms with Gasteiger partial charge in [0.25, 0.3) is 11.8 Å². The first kappa shape index (κ1) is 20.9. The Bertz CT molecular complexity index is 1000. The maximum Gasteiger partial charge on any atom is 0.410 e. The molecule has 2 saturated heterocycles. The molecule has 3 aliphatic rings. The van der Waals surface area contributed by atoms with Crippen LogP contribution in [0.2, 0.25) is 0 Å². The molecule has 10 heteroatoms. The molecule has 8 nitrogen and oxygen atoms in total. The van der Waals surface area contributed by atoms with Crippen LogP contribution in [0.1, 0.15) is 19.8 Å². The largest absolute Gasteiger partial charge is 0.471 e. The van der Waals surface area contributed by atoms with E-state index in [4.69, 9.17) is 18.9 Å². The molecule has 1 amide bonds. The highest BCUT2D eigenvalue weighted by Gasteiger charge is 2.47. The quantitative estimate of drug-likeness (QED) is 0.693. The molecule has 1 aromatic carbocycles. The lowest BCUT2D eigenvalue weighted by molar-refractivity contribution is -0.112. The van der Waals surface area contributed by atoms with E-state index < -0.39 is 23.6 Å². The summed E-state index contributed by atoms with van der Waals surface area (Å²) in [7, 11) is 0. The van der Waals surface area contributed by atoms with Crippen molar-refractivity contribution in [2.45, 2.75) is 31.5 Å². The summed E-state index contributed by atoms with van der Waals surface area (Å²) in [4.78, 5) is 21.9. The van der Waals surface area contributed by atoms with E-state index in [-0.39, 0.29) is 35.2 Å².